The number of fused-ring (bicyclic) bond motifs is 1. The molecule has 1 unspecified atom stereocenters. The van der Waals surface area contributed by atoms with Crippen molar-refractivity contribution in [2.75, 3.05) is 13.2 Å². The third-order valence-corrected chi connectivity index (χ3v) is 4.79. The van der Waals surface area contributed by atoms with Crippen LogP contribution in [0.15, 0.2) is 28.1 Å². The molecule has 0 bridgehead atoms. The number of alkyl halides is 3. The summed E-state index contributed by atoms with van der Waals surface area (Å²) in [6.07, 6.45) is -3.93. The minimum absolute atomic E-state index is 0.00792. The number of hydrogen-bond acceptors (Lipinski definition) is 3. The van der Waals surface area contributed by atoms with Crippen molar-refractivity contribution >= 4 is 37.4 Å². The normalized spacial score (nSPS) is 13.8. The molecule has 1 atom stereocenters. The first-order chi connectivity index (χ1) is 9.38. The van der Waals surface area contributed by atoms with Gasteiger partial charge in [0.05, 0.1) is 0 Å². The fraction of sp³-hybridized carbons (Fsp3) is 0.385. The number of ether oxygens (including phenoxy) is 1. The van der Waals surface area contributed by atoms with Gasteiger partial charge in [-0.2, -0.15) is 13.2 Å². The quantitative estimate of drug-likeness (QED) is 0.781. The maximum Gasteiger partial charge on any atom is 0.411 e. The Kier molecular flexibility index (Phi) is 5.06. The molecule has 2 nitrogen and oxygen atoms in total. The molecule has 20 heavy (non-hydrogen) atoms. The zero-order valence-electron chi connectivity index (χ0n) is 10.4. The minimum Gasteiger partial charge on any atom is -0.372 e. The van der Waals surface area contributed by atoms with E-state index in [-0.39, 0.29) is 12.6 Å². The van der Waals surface area contributed by atoms with Gasteiger partial charge in [0.2, 0.25) is 0 Å². The molecule has 1 aromatic carbocycles. The second kappa shape index (κ2) is 6.43. The summed E-state index contributed by atoms with van der Waals surface area (Å²) in [5.74, 6) is 0. The van der Waals surface area contributed by atoms with Crippen LogP contribution in [0.4, 0.5) is 13.2 Å². The summed E-state index contributed by atoms with van der Waals surface area (Å²) < 4.78 is 42.5. The van der Waals surface area contributed by atoms with Crippen LogP contribution < -0.4 is 5.73 Å². The van der Waals surface area contributed by atoms with Crippen molar-refractivity contribution in [1.82, 2.24) is 0 Å². The number of hydrogen-bond donors (Lipinski definition) is 1. The van der Waals surface area contributed by atoms with E-state index in [1.54, 1.807) is 11.3 Å². The Morgan fingerprint density at radius 3 is 2.80 bits per heavy atom. The first-order valence-electron chi connectivity index (χ1n) is 5.94. The maximum absolute atomic E-state index is 11.9. The van der Waals surface area contributed by atoms with Crippen LogP contribution >= 0.6 is 27.3 Å². The van der Waals surface area contributed by atoms with Crippen LogP contribution in [0.1, 0.15) is 18.0 Å². The van der Waals surface area contributed by atoms with Crippen molar-refractivity contribution in [1.29, 1.82) is 0 Å². The molecule has 1 heterocycles. The van der Waals surface area contributed by atoms with Crippen molar-refractivity contribution in [2.24, 2.45) is 5.73 Å². The van der Waals surface area contributed by atoms with E-state index in [1.807, 2.05) is 23.6 Å². The van der Waals surface area contributed by atoms with Gasteiger partial charge >= 0.3 is 6.18 Å². The van der Waals surface area contributed by atoms with E-state index in [1.165, 1.54) is 0 Å². The zero-order chi connectivity index (χ0) is 14.8. The van der Waals surface area contributed by atoms with Crippen molar-refractivity contribution in [3.05, 3.63) is 33.6 Å². The Bertz CT molecular complexity index is 584. The zero-order valence-corrected chi connectivity index (χ0v) is 12.8. The molecule has 110 valence electrons. The van der Waals surface area contributed by atoms with Crippen molar-refractivity contribution < 1.29 is 17.9 Å². The number of halogens is 4. The lowest BCUT2D eigenvalue weighted by Gasteiger charge is -2.12. The molecule has 1 aromatic heterocycles. The van der Waals surface area contributed by atoms with E-state index in [9.17, 15) is 13.2 Å². The maximum atomic E-state index is 11.9. The molecule has 0 saturated carbocycles. The van der Waals surface area contributed by atoms with Crippen LogP contribution in [0.25, 0.3) is 10.1 Å². The summed E-state index contributed by atoms with van der Waals surface area (Å²) in [6.45, 7) is -1.23. The Balaban J connectivity index is 1.98. The third kappa shape index (κ3) is 3.94. The molecular formula is C13H13BrF3NOS. The Hall–Kier alpha value is -0.630. The van der Waals surface area contributed by atoms with E-state index >= 15 is 0 Å². The summed E-state index contributed by atoms with van der Waals surface area (Å²) in [4.78, 5) is 0. The molecule has 0 saturated heterocycles. The lowest BCUT2D eigenvalue weighted by molar-refractivity contribution is -0.174. The van der Waals surface area contributed by atoms with Gasteiger partial charge in [-0.25, -0.2) is 0 Å². The monoisotopic (exact) mass is 367 g/mol. The Morgan fingerprint density at radius 1 is 1.35 bits per heavy atom. The van der Waals surface area contributed by atoms with Crippen LogP contribution in [-0.4, -0.2) is 19.4 Å². The molecule has 0 fully saturated rings. The summed E-state index contributed by atoms with van der Waals surface area (Å²) >= 11 is 5.03. The molecule has 2 N–H and O–H groups in total. The van der Waals surface area contributed by atoms with Crippen LogP contribution in [-0.2, 0) is 4.74 Å². The predicted molar refractivity (Wildman–Crippen MR) is 77.9 cm³/mol. The van der Waals surface area contributed by atoms with E-state index in [4.69, 9.17) is 5.73 Å². The van der Waals surface area contributed by atoms with E-state index in [0.717, 1.165) is 20.1 Å². The van der Waals surface area contributed by atoms with Gasteiger partial charge in [-0.1, -0.05) is 12.1 Å². The largest absolute Gasteiger partial charge is 0.411 e. The fourth-order valence-corrected chi connectivity index (χ4v) is 3.57. The average molecular weight is 368 g/mol. The SMILES string of the molecule is NC(CCOCC(F)(F)F)c1csc2c(Br)cccc12. The van der Waals surface area contributed by atoms with Gasteiger partial charge in [0.1, 0.15) is 6.61 Å². The molecule has 2 aromatic rings. The summed E-state index contributed by atoms with van der Waals surface area (Å²) in [6, 6.07) is 5.49. The molecule has 0 aliphatic carbocycles. The number of nitrogens with two attached hydrogens (primary N) is 1. The Labute approximate surface area is 126 Å². The minimum atomic E-state index is -4.29. The summed E-state index contributed by atoms with van der Waals surface area (Å²) in [7, 11) is 0. The average Bonchev–Trinajstić information content (AvgIpc) is 2.78. The fourth-order valence-electron chi connectivity index (χ4n) is 1.88. The summed E-state index contributed by atoms with van der Waals surface area (Å²) in [5, 5.41) is 2.98. The molecule has 7 heteroatoms. The smallest absolute Gasteiger partial charge is 0.372 e. The highest BCUT2D eigenvalue weighted by Crippen LogP contribution is 2.35. The highest BCUT2D eigenvalue weighted by Gasteiger charge is 2.27. The van der Waals surface area contributed by atoms with Crippen LogP contribution in [0, 0.1) is 0 Å². The molecule has 0 spiro atoms. The molecule has 0 aliphatic heterocycles. The van der Waals surface area contributed by atoms with Gasteiger partial charge < -0.3 is 10.5 Å². The van der Waals surface area contributed by atoms with Gasteiger partial charge in [-0.15, -0.1) is 11.3 Å². The predicted octanol–water partition coefficient (Wildman–Crippen LogP) is 4.63. The van der Waals surface area contributed by atoms with E-state index in [2.05, 4.69) is 20.7 Å². The highest BCUT2D eigenvalue weighted by molar-refractivity contribution is 9.10. The molecular weight excluding hydrogens is 355 g/mol. The van der Waals surface area contributed by atoms with E-state index in [0.29, 0.717) is 6.42 Å². The first-order valence-corrected chi connectivity index (χ1v) is 7.61. The third-order valence-electron chi connectivity index (χ3n) is 2.82. The molecule has 0 aliphatic rings. The van der Waals surface area contributed by atoms with Crippen molar-refractivity contribution in [2.45, 2.75) is 18.6 Å². The standard InChI is InChI=1S/C13H13BrF3NOS/c14-10-3-1-2-8-9(6-20-12(8)10)11(18)4-5-19-7-13(15,16)17/h1-3,6,11H,4-5,7,18H2. The number of benzene rings is 1. The molecule has 0 amide bonds. The van der Waals surface area contributed by atoms with Crippen LogP contribution in [0.3, 0.4) is 0 Å². The topological polar surface area (TPSA) is 35.2 Å². The van der Waals surface area contributed by atoms with Crippen molar-refractivity contribution in [3.63, 3.8) is 0 Å². The Morgan fingerprint density at radius 2 is 2.10 bits per heavy atom. The van der Waals surface area contributed by atoms with E-state index < -0.39 is 12.8 Å². The van der Waals surface area contributed by atoms with Gasteiger partial charge in [-0.05, 0) is 44.7 Å². The van der Waals surface area contributed by atoms with Gasteiger partial charge in [0.25, 0.3) is 0 Å². The second-order valence-corrected chi connectivity index (χ2v) is 6.10. The highest BCUT2D eigenvalue weighted by atomic mass is 79.9. The first kappa shape index (κ1) is 15.8. The summed E-state index contributed by atoms with van der Waals surface area (Å²) in [5.41, 5.74) is 6.98. The van der Waals surface area contributed by atoms with Crippen LogP contribution in [0.2, 0.25) is 0 Å². The lowest BCUT2D eigenvalue weighted by atomic mass is 10.0. The lowest BCUT2D eigenvalue weighted by Crippen LogP contribution is -2.19. The molecule has 0 radical (unpaired) electrons. The van der Waals surface area contributed by atoms with Crippen molar-refractivity contribution in [3.8, 4) is 0 Å². The number of rotatable bonds is 5. The van der Waals surface area contributed by atoms with Gasteiger partial charge in [0, 0.05) is 21.8 Å². The molecule has 2 rings (SSSR count). The van der Waals surface area contributed by atoms with Gasteiger partial charge in [-0.3, -0.25) is 0 Å². The van der Waals surface area contributed by atoms with Gasteiger partial charge in [0.15, 0.2) is 0 Å². The number of thiophene rings is 1. The second-order valence-electron chi connectivity index (χ2n) is 4.37. The van der Waals surface area contributed by atoms with Crippen LogP contribution in [0.5, 0.6) is 0 Å².